The highest BCUT2D eigenvalue weighted by atomic mass is 16.5. The first kappa shape index (κ1) is 12.0. The molecule has 3 rings (SSSR count). The van der Waals surface area contributed by atoms with E-state index in [-0.39, 0.29) is 0 Å². The van der Waals surface area contributed by atoms with Crippen LogP contribution in [-0.4, -0.2) is 34.4 Å². The zero-order chi connectivity index (χ0) is 13.1. The van der Waals surface area contributed by atoms with Crippen LogP contribution >= 0.6 is 0 Å². The third-order valence-electron chi connectivity index (χ3n) is 3.33. The van der Waals surface area contributed by atoms with Gasteiger partial charge in [-0.3, -0.25) is 9.58 Å². The Bertz CT molecular complexity index is 552. The van der Waals surface area contributed by atoms with Crippen molar-refractivity contribution >= 4 is 5.69 Å². The molecule has 0 spiro atoms. The predicted octanol–water partition coefficient (Wildman–Crippen LogP) is 1.36. The number of rotatable bonds is 3. The minimum absolute atomic E-state index is 0.713. The van der Waals surface area contributed by atoms with Crippen LogP contribution in [0, 0.1) is 0 Å². The van der Waals surface area contributed by atoms with E-state index < -0.39 is 0 Å². The molecule has 1 aliphatic heterocycles. The van der Waals surface area contributed by atoms with Crippen LogP contribution < -0.4 is 10.5 Å². The standard InChI is InChI=1S/C14H18N4O/c15-13-9-16-18(11-13)6-5-17-7-8-19-14-4-2-1-3-12(14)10-17/h1-4,9,11H,5-8,10,15H2. The number of hydrogen-bond donors (Lipinski definition) is 1. The maximum atomic E-state index is 5.75. The summed E-state index contributed by atoms with van der Waals surface area (Å²) < 4.78 is 7.63. The molecule has 100 valence electrons. The van der Waals surface area contributed by atoms with E-state index >= 15 is 0 Å². The van der Waals surface area contributed by atoms with Crippen LogP contribution in [0.3, 0.4) is 0 Å². The van der Waals surface area contributed by atoms with Crippen molar-refractivity contribution < 1.29 is 4.74 Å². The molecule has 0 aliphatic carbocycles. The molecule has 0 amide bonds. The van der Waals surface area contributed by atoms with Crippen molar-refractivity contribution in [3.8, 4) is 5.75 Å². The van der Waals surface area contributed by atoms with Crippen LogP contribution in [0.1, 0.15) is 5.56 Å². The lowest BCUT2D eigenvalue weighted by atomic mass is 10.2. The highest BCUT2D eigenvalue weighted by Crippen LogP contribution is 2.22. The van der Waals surface area contributed by atoms with E-state index in [0.717, 1.165) is 38.5 Å². The lowest BCUT2D eigenvalue weighted by Crippen LogP contribution is -2.29. The van der Waals surface area contributed by atoms with E-state index in [1.165, 1.54) is 5.56 Å². The molecule has 0 atom stereocenters. The van der Waals surface area contributed by atoms with E-state index in [1.807, 2.05) is 23.0 Å². The average molecular weight is 258 g/mol. The van der Waals surface area contributed by atoms with Crippen molar-refractivity contribution in [2.24, 2.45) is 0 Å². The van der Waals surface area contributed by atoms with Crippen LogP contribution in [0.5, 0.6) is 5.75 Å². The fraction of sp³-hybridized carbons (Fsp3) is 0.357. The van der Waals surface area contributed by atoms with Gasteiger partial charge in [-0.15, -0.1) is 0 Å². The van der Waals surface area contributed by atoms with Gasteiger partial charge in [0, 0.05) is 31.4 Å². The monoisotopic (exact) mass is 258 g/mol. The lowest BCUT2D eigenvalue weighted by molar-refractivity contribution is 0.217. The second kappa shape index (κ2) is 5.32. The molecule has 1 aliphatic rings. The highest BCUT2D eigenvalue weighted by Gasteiger charge is 2.14. The van der Waals surface area contributed by atoms with Gasteiger partial charge >= 0.3 is 0 Å². The number of nitrogens with zero attached hydrogens (tertiary/aromatic N) is 3. The maximum Gasteiger partial charge on any atom is 0.123 e. The summed E-state index contributed by atoms with van der Waals surface area (Å²) in [6.45, 7) is 4.38. The number of anilines is 1. The Morgan fingerprint density at radius 1 is 1.26 bits per heavy atom. The van der Waals surface area contributed by atoms with Crippen LogP contribution in [0.25, 0.3) is 0 Å². The Morgan fingerprint density at radius 3 is 3.00 bits per heavy atom. The molecule has 1 aromatic heterocycles. The van der Waals surface area contributed by atoms with Crippen molar-refractivity contribution in [2.75, 3.05) is 25.4 Å². The highest BCUT2D eigenvalue weighted by molar-refractivity contribution is 5.33. The molecule has 5 nitrogen and oxygen atoms in total. The van der Waals surface area contributed by atoms with Crippen molar-refractivity contribution in [2.45, 2.75) is 13.1 Å². The van der Waals surface area contributed by atoms with E-state index in [4.69, 9.17) is 10.5 Å². The molecule has 19 heavy (non-hydrogen) atoms. The molecule has 2 N–H and O–H groups in total. The molecule has 0 radical (unpaired) electrons. The SMILES string of the molecule is Nc1cnn(CCN2CCOc3ccccc3C2)c1. The Kier molecular flexibility index (Phi) is 3.37. The van der Waals surface area contributed by atoms with Crippen LogP contribution in [0.15, 0.2) is 36.7 Å². The first-order valence-corrected chi connectivity index (χ1v) is 6.52. The summed E-state index contributed by atoms with van der Waals surface area (Å²) in [7, 11) is 0. The summed E-state index contributed by atoms with van der Waals surface area (Å²) in [6, 6.07) is 8.23. The van der Waals surface area contributed by atoms with Crippen molar-refractivity contribution in [1.29, 1.82) is 0 Å². The van der Waals surface area contributed by atoms with Crippen LogP contribution in [0.4, 0.5) is 5.69 Å². The number of nitrogen functional groups attached to an aromatic ring is 1. The second-order valence-corrected chi connectivity index (χ2v) is 4.77. The van der Waals surface area contributed by atoms with Crippen molar-refractivity contribution in [1.82, 2.24) is 14.7 Å². The van der Waals surface area contributed by atoms with Crippen LogP contribution in [-0.2, 0) is 13.1 Å². The zero-order valence-corrected chi connectivity index (χ0v) is 10.8. The number of hydrogen-bond acceptors (Lipinski definition) is 4. The summed E-state index contributed by atoms with van der Waals surface area (Å²) in [5.41, 5.74) is 7.62. The fourth-order valence-corrected chi connectivity index (χ4v) is 2.32. The number of fused-ring (bicyclic) bond motifs is 1. The van der Waals surface area contributed by atoms with Gasteiger partial charge in [0.05, 0.1) is 18.4 Å². The van der Waals surface area contributed by atoms with Gasteiger partial charge in [0.25, 0.3) is 0 Å². The zero-order valence-electron chi connectivity index (χ0n) is 10.8. The minimum Gasteiger partial charge on any atom is -0.492 e. The normalized spacial score (nSPS) is 15.6. The van der Waals surface area contributed by atoms with Gasteiger partial charge in [0.1, 0.15) is 12.4 Å². The third kappa shape index (κ3) is 2.88. The summed E-state index contributed by atoms with van der Waals surface area (Å²) >= 11 is 0. The van der Waals surface area contributed by atoms with Gasteiger partial charge in [-0.1, -0.05) is 18.2 Å². The fourth-order valence-electron chi connectivity index (χ4n) is 2.32. The summed E-state index contributed by atoms with van der Waals surface area (Å²) in [5, 5.41) is 4.20. The van der Waals surface area contributed by atoms with Crippen molar-refractivity contribution in [3.05, 3.63) is 42.2 Å². The lowest BCUT2D eigenvalue weighted by Gasteiger charge is -2.18. The van der Waals surface area contributed by atoms with Gasteiger partial charge in [-0.2, -0.15) is 5.10 Å². The number of ether oxygens (including phenoxy) is 1. The molecule has 0 fully saturated rings. The molecule has 2 aromatic rings. The third-order valence-corrected chi connectivity index (χ3v) is 3.33. The van der Waals surface area contributed by atoms with Crippen LogP contribution in [0.2, 0.25) is 0 Å². The average Bonchev–Trinajstić information content (AvgIpc) is 2.72. The Morgan fingerprint density at radius 2 is 2.16 bits per heavy atom. The first-order valence-electron chi connectivity index (χ1n) is 6.52. The van der Waals surface area contributed by atoms with E-state index in [2.05, 4.69) is 22.1 Å². The van der Waals surface area contributed by atoms with E-state index in [0.29, 0.717) is 5.69 Å². The molecule has 0 saturated carbocycles. The molecule has 0 bridgehead atoms. The summed E-state index contributed by atoms with van der Waals surface area (Å²) in [6.07, 6.45) is 3.54. The van der Waals surface area contributed by atoms with Gasteiger partial charge < -0.3 is 10.5 Å². The predicted molar refractivity (Wildman–Crippen MR) is 73.9 cm³/mol. The summed E-state index contributed by atoms with van der Waals surface area (Å²) in [4.78, 5) is 2.38. The Hall–Kier alpha value is -2.01. The maximum absolute atomic E-state index is 5.75. The molecular weight excluding hydrogens is 240 g/mol. The van der Waals surface area contributed by atoms with Crippen molar-refractivity contribution in [3.63, 3.8) is 0 Å². The van der Waals surface area contributed by atoms with Gasteiger partial charge in [0.15, 0.2) is 0 Å². The number of benzene rings is 1. The molecular formula is C14H18N4O. The Labute approximate surface area is 112 Å². The van der Waals surface area contributed by atoms with Gasteiger partial charge in [0.2, 0.25) is 0 Å². The van der Waals surface area contributed by atoms with E-state index in [9.17, 15) is 0 Å². The molecule has 2 heterocycles. The number of para-hydroxylation sites is 1. The Balaban J connectivity index is 1.63. The molecule has 0 saturated heterocycles. The largest absolute Gasteiger partial charge is 0.492 e. The van der Waals surface area contributed by atoms with Gasteiger partial charge in [-0.05, 0) is 6.07 Å². The molecule has 1 aromatic carbocycles. The summed E-state index contributed by atoms with van der Waals surface area (Å²) in [5.74, 6) is 1.01. The van der Waals surface area contributed by atoms with E-state index in [1.54, 1.807) is 6.20 Å². The quantitative estimate of drug-likeness (QED) is 0.903. The second-order valence-electron chi connectivity index (χ2n) is 4.77. The minimum atomic E-state index is 0.713. The smallest absolute Gasteiger partial charge is 0.123 e. The molecule has 0 unspecified atom stereocenters. The first-order chi connectivity index (χ1) is 9.31. The molecule has 5 heteroatoms. The number of aromatic nitrogens is 2. The number of nitrogens with two attached hydrogens (primary N) is 1. The van der Waals surface area contributed by atoms with Gasteiger partial charge in [-0.25, -0.2) is 0 Å². The topological polar surface area (TPSA) is 56.3 Å².